The third-order valence-electron chi connectivity index (χ3n) is 3.94. The Labute approximate surface area is 145 Å². The van der Waals surface area contributed by atoms with Gasteiger partial charge in [-0.05, 0) is 43.7 Å². The summed E-state index contributed by atoms with van der Waals surface area (Å²) in [6, 6.07) is 16.2. The fourth-order valence-electron chi connectivity index (χ4n) is 2.86. The Morgan fingerprint density at radius 3 is 2.12 bits per heavy atom. The van der Waals surface area contributed by atoms with Crippen molar-refractivity contribution in [2.24, 2.45) is 0 Å². The van der Waals surface area contributed by atoms with Gasteiger partial charge in [0, 0.05) is 21.8 Å². The molecule has 1 aromatic heterocycles. The van der Waals surface area contributed by atoms with Gasteiger partial charge in [0.2, 0.25) is 0 Å². The molecule has 3 aromatic rings. The van der Waals surface area contributed by atoms with Crippen LogP contribution in [-0.2, 0) is 0 Å². The van der Waals surface area contributed by atoms with E-state index < -0.39 is 0 Å². The molecule has 0 saturated carbocycles. The van der Waals surface area contributed by atoms with Crippen molar-refractivity contribution < 1.29 is 9.59 Å². The molecule has 4 heteroatoms. The minimum atomic E-state index is -0.194. The summed E-state index contributed by atoms with van der Waals surface area (Å²) in [6.45, 7) is 3.28. The van der Waals surface area contributed by atoms with E-state index in [1.807, 2.05) is 37.3 Å². The van der Waals surface area contributed by atoms with Gasteiger partial charge in [0.25, 0.3) is 0 Å². The molecule has 1 N–H and O–H groups in total. The summed E-state index contributed by atoms with van der Waals surface area (Å²) < 4.78 is 0. The number of hydrogen-bond donors (Lipinski definition) is 1. The molecular formula is C20H16ClNO2. The number of hydrogen-bond acceptors (Lipinski definition) is 2. The van der Waals surface area contributed by atoms with Crippen LogP contribution in [0, 0.1) is 6.92 Å². The zero-order valence-electron chi connectivity index (χ0n) is 13.4. The van der Waals surface area contributed by atoms with Crippen LogP contribution in [0.1, 0.15) is 38.9 Å². The van der Waals surface area contributed by atoms with Gasteiger partial charge >= 0.3 is 0 Å². The monoisotopic (exact) mass is 337 g/mol. The Hall–Kier alpha value is -2.65. The molecule has 0 aliphatic rings. The smallest absolute Gasteiger partial charge is 0.195 e. The van der Waals surface area contributed by atoms with Gasteiger partial charge < -0.3 is 4.98 Å². The topological polar surface area (TPSA) is 49.9 Å². The molecule has 1 heterocycles. The normalized spacial score (nSPS) is 10.6. The van der Waals surface area contributed by atoms with Crippen molar-refractivity contribution in [3.8, 4) is 11.3 Å². The fraction of sp³-hybridized carbons (Fsp3) is 0.100. The van der Waals surface area contributed by atoms with E-state index >= 15 is 0 Å². The van der Waals surface area contributed by atoms with Crippen molar-refractivity contribution >= 4 is 23.2 Å². The van der Waals surface area contributed by atoms with Gasteiger partial charge in [-0.1, -0.05) is 41.9 Å². The SMILES string of the molecule is CC(=O)c1c(C)[nH]c(-c2ccccc2)c1C(=O)c1ccc(Cl)cc1. The summed E-state index contributed by atoms with van der Waals surface area (Å²) in [5, 5.41) is 0.562. The van der Waals surface area contributed by atoms with Crippen LogP contribution in [0.15, 0.2) is 54.6 Å². The number of Topliss-reactive ketones (excluding diaryl/α,β-unsaturated/α-hetero) is 1. The number of benzene rings is 2. The van der Waals surface area contributed by atoms with Gasteiger partial charge in [0.1, 0.15) is 0 Å². The summed E-state index contributed by atoms with van der Waals surface area (Å²) in [5.41, 5.74) is 3.57. The zero-order chi connectivity index (χ0) is 17.3. The maximum atomic E-state index is 13.1. The molecule has 0 radical (unpaired) electrons. The van der Waals surface area contributed by atoms with Crippen LogP contribution in [0.3, 0.4) is 0 Å². The van der Waals surface area contributed by atoms with Gasteiger partial charge in [-0.3, -0.25) is 9.59 Å². The lowest BCUT2D eigenvalue weighted by atomic mass is 9.94. The lowest BCUT2D eigenvalue weighted by Crippen LogP contribution is -2.08. The molecule has 0 amide bonds. The highest BCUT2D eigenvalue weighted by Gasteiger charge is 2.25. The number of ketones is 2. The van der Waals surface area contributed by atoms with Gasteiger partial charge in [-0.15, -0.1) is 0 Å². The number of carbonyl (C=O) groups excluding carboxylic acids is 2. The number of halogens is 1. The summed E-state index contributed by atoms with van der Waals surface area (Å²) in [4.78, 5) is 28.4. The molecule has 0 bridgehead atoms. The molecule has 120 valence electrons. The van der Waals surface area contributed by atoms with E-state index in [2.05, 4.69) is 4.98 Å². The van der Waals surface area contributed by atoms with Crippen molar-refractivity contribution in [3.63, 3.8) is 0 Å². The van der Waals surface area contributed by atoms with Crippen molar-refractivity contribution in [1.29, 1.82) is 0 Å². The first-order chi connectivity index (χ1) is 11.5. The third kappa shape index (κ3) is 2.91. The van der Waals surface area contributed by atoms with Crippen LogP contribution < -0.4 is 0 Å². The highest BCUT2D eigenvalue weighted by Crippen LogP contribution is 2.30. The van der Waals surface area contributed by atoms with E-state index in [1.54, 1.807) is 24.3 Å². The zero-order valence-corrected chi connectivity index (χ0v) is 14.1. The summed E-state index contributed by atoms with van der Waals surface area (Å²) in [6.07, 6.45) is 0. The molecule has 0 atom stereocenters. The molecule has 0 saturated heterocycles. The van der Waals surface area contributed by atoms with E-state index in [9.17, 15) is 9.59 Å². The van der Waals surface area contributed by atoms with Crippen LogP contribution in [0.4, 0.5) is 0 Å². The van der Waals surface area contributed by atoms with Crippen molar-refractivity contribution in [2.45, 2.75) is 13.8 Å². The Morgan fingerprint density at radius 2 is 1.54 bits per heavy atom. The highest BCUT2D eigenvalue weighted by atomic mass is 35.5. The largest absolute Gasteiger partial charge is 0.357 e. The van der Waals surface area contributed by atoms with Crippen LogP contribution >= 0.6 is 11.6 Å². The summed E-state index contributed by atoms with van der Waals surface area (Å²) in [7, 11) is 0. The first kappa shape index (κ1) is 16.2. The van der Waals surface area contributed by atoms with Crippen molar-refractivity contribution in [3.05, 3.63) is 82.0 Å². The maximum absolute atomic E-state index is 13.1. The Balaban J connectivity index is 2.23. The predicted octanol–water partition coefficient (Wildman–Crippen LogP) is 5.08. The average molecular weight is 338 g/mol. The standard InChI is InChI=1S/C20H16ClNO2/c1-12-17(13(2)23)18(19(22-12)14-6-4-3-5-7-14)20(24)15-8-10-16(21)11-9-15/h3-11,22H,1-2H3. The highest BCUT2D eigenvalue weighted by molar-refractivity contribution is 6.30. The predicted molar refractivity (Wildman–Crippen MR) is 95.9 cm³/mol. The molecule has 2 aromatic carbocycles. The van der Waals surface area contributed by atoms with Gasteiger partial charge in [0.05, 0.1) is 11.3 Å². The van der Waals surface area contributed by atoms with Crippen LogP contribution in [-0.4, -0.2) is 16.6 Å². The Morgan fingerprint density at radius 1 is 0.917 bits per heavy atom. The molecule has 3 rings (SSSR count). The minimum absolute atomic E-state index is 0.136. The van der Waals surface area contributed by atoms with E-state index in [1.165, 1.54) is 6.92 Å². The number of carbonyl (C=O) groups is 2. The number of aromatic nitrogens is 1. The second kappa shape index (κ2) is 6.46. The van der Waals surface area contributed by atoms with E-state index in [4.69, 9.17) is 11.6 Å². The first-order valence-electron chi connectivity index (χ1n) is 7.58. The van der Waals surface area contributed by atoms with Crippen molar-refractivity contribution in [1.82, 2.24) is 4.98 Å². The molecule has 0 aliphatic carbocycles. The lowest BCUT2D eigenvalue weighted by molar-refractivity contribution is 0.0991. The first-order valence-corrected chi connectivity index (χ1v) is 7.96. The second-order valence-corrected chi connectivity index (χ2v) is 6.07. The molecule has 0 spiro atoms. The molecule has 24 heavy (non-hydrogen) atoms. The number of H-pyrrole nitrogens is 1. The quantitative estimate of drug-likeness (QED) is 0.675. The number of aryl methyl sites for hydroxylation is 1. The molecular weight excluding hydrogens is 322 g/mol. The van der Waals surface area contributed by atoms with Gasteiger partial charge in [-0.2, -0.15) is 0 Å². The van der Waals surface area contributed by atoms with E-state index in [0.29, 0.717) is 33.1 Å². The van der Waals surface area contributed by atoms with Crippen LogP contribution in [0.5, 0.6) is 0 Å². The fourth-order valence-corrected chi connectivity index (χ4v) is 2.99. The second-order valence-electron chi connectivity index (χ2n) is 5.63. The number of nitrogens with one attached hydrogen (secondary N) is 1. The Kier molecular flexibility index (Phi) is 4.36. The summed E-state index contributed by atoms with van der Waals surface area (Å²) >= 11 is 5.90. The van der Waals surface area contributed by atoms with Crippen LogP contribution in [0.2, 0.25) is 5.02 Å². The molecule has 0 aliphatic heterocycles. The van der Waals surface area contributed by atoms with Gasteiger partial charge in [-0.25, -0.2) is 0 Å². The summed E-state index contributed by atoms with van der Waals surface area (Å²) in [5.74, 6) is -0.330. The third-order valence-corrected chi connectivity index (χ3v) is 4.19. The minimum Gasteiger partial charge on any atom is -0.357 e. The van der Waals surface area contributed by atoms with Gasteiger partial charge in [0.15, 0.2) is 11.6 Å². The molecule has 3 nitrogen and oxygen atoms in total. The maximum Gasteiger partial charge on any atom is 0.195 e. The van der Waals surface area contributed by atoms with Crippen molar-refractivity contribution in [2.75, 3.05) is 0 Å². The number of aromatic amines is 1. The van der Waals surface area contributed by atoms with E-state index in [-0.39, 0.29) is 11.6 Å². The lowest BCUT2D eigenvalue weighted by Gasteiger charge is -2.06. The molecule has 0 fully saturated rings. The Bertz CT molecular complexity index is 909. The molecule has 0 unspecified atom stereocenters. The van der Waals surface area contributed by atoms with Crippen LogP contribution in [0.25, 0.3) is 11.3 Å². The average Bonchev–Trinajstić information content (AvgIpc) is 2.93. The number of rotatable bonds is 4. The van der Waals surface area contributed by atoms with E-state index in [0.717, 1.165) is 5.56 Å².